The van der Waals surface area contributed by atoms with E-state index >= 15 is 0 Å². The number of hydrogen-bond donors (Lipinski definition) is 1. The van der Waals surface area contributed by atoms with E-state index < -0.39 is 0 Å². The fourth-order valence-electron chi connectivity index (χ4n) is 13.7. The highest BCUT2D eigenvalue weighted by molar-refractivity contribution is 5.70. The second kappa shape index (κ2) is 13.1. The molecule has 0 aromatic heterocycles. The Balaban J connectivity index is 1.28. The summed E-state index contributed by atoms with van der Waals surface area (Å²) in [7, 11) is 4.41. The number of likely N-dealkylation sites (N-methyl/N-ethyl adjacent to an activating group) is 1. The van der Waals surface area contributed by atoms with E-state index in [1.165, 1.54) is 102 Å². The molecule has 264 valence electrons. The highest BCUT2D eigenvalue weighted by Gasteiger charge is 2.71. The van der Waals surface area contributed by atoms with E-state index in [0.29, 0.717) is 53.6 Å². The van der Waals surface area contributed by atoms with Gasteiger partial charge in [-0.15, -0.1) is 0 Å². The molecule has 46 heavy (non-hydrogen) atoms. The molecule has 5 unspecified atom stereocenters. The molecule has 4 nitrogen and oxygen atoms in total. The van der Waals surface area contributed by atoms with Crippen molar-refractivity contribution in [1.82, 2.24) is 0 Å². The zero-order valence-corrected chi connectivity index (χ0v) is 31.8. The van der Waals surface area contributed by atoms with Crippen molar-refractivity contribution >= 4 is 5.97 Å². The standard InChI is InChI=1S/C42H74NO3/c1-11-12-13-14-15-16-27-43(9,10)28-36(45)46-35-21-22-39(6)33(38(35,4)5)20-23-41(8)34(39)18-17-32-37-31(30(2)3)19-24-42(37,29-44)26-25-40(32,41)7/h31-35,37,44H,2,11-29H2,1,3-10H3/q+1/t31?,32?,33?,34?,35-,37?,39-,40+,41+,42+/m0/s1. The average Bonchev–Trinajstić information content (AvgIpc) is 3.37. The van der Waals surface area contributed by atoms with Crippen molar-refractivity contribution < 1.29 is 19.1 Å². The summed E-state index contributed by atoms with van der Waals surface area (Å²) in [6.45, 7) is 23.8. The molecule has 4 heteroatoms. The molecule has 0 radical (unpaired) electrons. The summed E-state index contributed by atoms with van der Waals surface area (Å²) in [5.41, 5.74) is 2.33. The monoisotopic (exact) mass is 641 g/mol. The van der Waals surface area contributed by atoms with Crippen LogP contribution in [-0.4, -0.2) is 55.5 Å². The lowest BCUT2D eigenvalue weighted by Gasteiger charge is -2.73. The molecule has 0 spiro atoms. The molecule has 5 aliphatic rings. The molecule has 5 saturated carbocycles. The molecule has 0 aliphatic heterocycles. The lowest BCUT2D eigenvalue weighted by Crippen LogP contribution is -2.67. The lowest BCUT2D eigenvalue weighted by atomic mass is 9.32. The van der Waals surface area contributed by atoms with Crippen molar-refractivity contribution in [2.24, 2.45) is 56.7 Å². The van der Waals surface area contributed by atoms with Crippen molar-refractivity contribution in [3.8, 4) is 0 Å². The fraction of sp³-hybridized carbons (Fsp3) is 0.929. The number of nitrogens with zero attached hydrogens (tertiary/aromatic N) is 1. The highest BCUT2D eigenvalue weighted by Crippen LogP contribution is 2.77. The summed E-state index contributed by atoms with van der Waals surface area (Å²) in [6, 6.07) is 0. The van der Waals surface area contributed by atoms with Crippen LogP contribution >= 0.6 is 0 Å². The molecule has 5 aliphatic carbocycles. The first kappa shape index (κ1) is 36.4. The van der Waals surface area contributed by atoms with Crippen LogP contribution in [0.1, 0.15) is 151 Å². The number of ether oxygens (including phenoxy) is 1. The van der Waals surface area contributed by atoms with Crippen LogP contribution in [-0.2, 0) is 9.53 Å². The molecule has 0 aromatic rings. The number of esters is 1. The van der Waals surface area contributed by atoms with Gasteiger partial charge in [-0.3, -0.25) is 0 Å². The van der Waals surface area contributed by atoms with Gasteiger partial charge in [0.05, 0.1) is 20.6 Å². The first-order valence-electron chi connectivity index (χ1n) is 19.8. The van der Waals surface area contributed by atoms with Gasteiger partial charge in [0, 0.05) is 12.0 Å². The number of unbranched alkanes of at least 4 members (excludes halogenated alkanes) is 5. The summed E-state index contributed by atoms with van der Waals surface area (Å²) in [5, 5.41) is 10.8. The Hall–Kier alpha value is -0.870. The zero-order valence-electron chi connectivity index (χ0n) is 31.8. The Morgan fingerprint density at radius 2 is 1.52 bits per heavy atom. The Morgan fingerprint density at radius 1 is 0.826 bits per heavy atom. The van der Waals surface area contributed by atoms with E-state index in [9.17, 15) is 9.90 Å². The number of rotatable bonds is 12. The summed E-state index contributed by atoms with van der Waals surface area (Å²) in [4.78, 5) is 13.5. The number of quaternary nitrogens is 1. The normalized spacial score (nSPS) is 43.2. The van der Waals surface area contributed by atoms with Gasteiger partial charge in [-0.25, -0.2) is 4.79 Å². The number of hydrogen-bond acceptors (Lipinski definition) is 3. The molecule has 0 amide bonds. The SMILES string of the molecule is C=C(C)C1CC[C@]2(CO)CC[C@]3(C)C(CCC4[C@@]5(C)CC[C@H](OC(=O)C[N+](C)(C)CCCCCCCC)C(C)(C)C5CC[C@]43C)C12. The predicted molar refractivity (Wildman–Crippen MR) is 191 cm³/mol. The van der Waals surface area contributed by atoms with Crippen molar-refractivity contribution in [1.29, 1.82) is 0 Å². The molecule has 0 aromatic carbocycles. The minimum absolute atomic E-state index is 0.00419. The number of carbonyl (C=O) groups excluding carboxylic acids is 1. The van der Waals surface area contributed by atoms with Gasteiger partial charge < -0.3 is 14.3 Å². The van der Waals surface area contributed by atoms with Crippen molar-refractivity contribution in [2.45, 2.75) is 157 Å². The van der Waals surface area contributed by atoms with E-state index in [-0.39, 0.29) is 28.3 Å². The van der Waals surface area contributed by atoms with Gasteiger partial charge in [0.1, 0.15) is 6.10 Å². The van der Waals surface area contributed by atoms with Crippen LogP contribution in [0.25, 0.3) is 0 Å². The quantitative estimate of drug-likeness (QED) is 0.1000. The Morgan fingerprint density at radius 3 is 2.20 bits per heavy atom. The van der Waals surface area contributed by atoms with E-state index in [2.05, 4.69) is 69.1 Å². The molecule has 5 rings (SSSR count). The van der Waals surface area contributed by atoms with Crippen LogP contribution < -0.4 is 0 Å². The molecule has 0 bridgehead atoms. The topological polar surface area (TPSA) is 46.5 Å². The Labute approximate surface area is 284 Å². The maximum absolute atomic E-state index is 13.5. The zero-order chi connectivity index (χ0) is 33.8. The summed E-state index contributed by atoms with van der Waals surface area (Å²) in [5.74, 6) is 3.13. The van der Waals surface area contributed by atoms with E-state index in [1.54, 1.807) is 0 Å². The number of aliphatic hydroxyl groups is 1. The average molecular weight is 641 g/mol. The molecule has 0 saturated heterocycles. The van der Waals surface area contributed by atoms with Gasteiger partial charge in [0.25, 0.3) is 0 Å². The molecular weight excluding hydrogens is 566 g/mol. The van der Waals surface area contributed by atoms with Crippen molar-refractivity contribution in [2.75, 3.05) is 33.8 Å². The smallest absolute Gasteiger partial charge is 0.362 e. The lowest BCUT2D eigenvalue weighted by molar-refractivity contribution is -0.883. The maximum Gasteiger partial charge on any atom is 0.362 e. The number of carbonyl (C=O) groups is 1. The van der Waals surface area contributed by atoms with Gasteiger partial charge in [-0.1, -0.05) is 79.4 Å². The van der Waals surface area contributed by atoms with Crippen LogP contribution in [0.3, 0.4) is 0 Å². The van der Waals surface area contributed by atoms with Crippen molar-refractivity contribution in [3.05, 3.63) is 12.2 Å². The van der Waals surface area contributed by atoms with Gasteiger partial charge in [-0.05, 0) is 135 Å². The van der Waals surface area contributed by atoms with Gasteiger partial charge in [-0.2, -0.15) is 0 Å². The highest BCUT2D eigenvalue weighted by atomic mass is 16.5. The third kappa shape index (κ3) is 5.98. The first-order chi connectivity index (χ1) is 21.5. The molecule has 5 fully saturated rings. The van der Waals surface area contributed by atoms with E-state index in [0.717, 1.165) is 17.4 Å². The van der Waals surface area contributed by atoms with Crippen LogP contribution in [0.15, 0.2) is 12.2 Å². The van der Waals surface area contributed by atoms with Crippen LogP contribution in [0, 0.1) is 56.7 Å². The number of aliphatic hydroxyl groups excluding tert-OH is 1. The van der Waals surface area contributed by atoms with Crippen LogP contribution in [0.2, 0.25) is 0 Å². The van der Waals surface area contributed by atoms with E-state index in [1.807, 2.05) is 0 Å². The third-order valence-corrected chi connectivity index (χ3v) is 16.4. The molecular formula is C42H74NO3+. The molecule has 1 N–H and O–H groups in total. The minimum atomic E-state index is -0.0206. The summed E-state index contributed by atoms with van der Waals surface area (Å²) >= 11 is 0. The van der Waals surface area contributed by atoms with Crippen molar-refractivity contribution in [3.63, 3.8) is 0 Å². The van der Waals surface area contributed by atoms with Crippen LogP contribution in [0.4, 0.5) is 0 Å². The molecule has 0 heterocycles. The van der Waals surface area contributed by atoms with Gasteiger partial charge in [0.2, 0.25) is 0 Å². The Kier molecular flexibility index (Phi) is 10.4. The summed E-state index contributed by atoms with van der Waals surface area (Å²) < 4.78 is 7.21. The Bertz CT molecular complexity index is 1110. The third-order valence-electron chi connectivity index (χ3n) is 16.4. The van der Waals surface area contributed by atoms with E-state index in [4.69, 9.17) is 4.74 Å². The number of allylic oxidation sites excluding steroid dienone is 1. The molecule has 10 atom stereocenters. The second-order valence-corrected chi connectivity index (χ2v) is 19.6. The second-order valence-electron chi connectivity index (χ2n) is 19.6. The van der Waals surface area contributed by atoms with Crippen LogP contribution in [0.5, 0.6) is 0 Å². The van der Waals surface area contributed by atoms with Gasteiger partial charge in [0.15, 0.2) is 6.54 Å². The predicted octanol–water partition coefficient (Wildman–Crippen LogP) is 9.98. The fourth-order valence-corrected chi connectivity index (χ4v) is 13.7. The maximum atomic E-state index is 13.5. The van der Waals surface area contributed by atoms with Gasteiger partial charge >= 0.3 is 5.97 Å². The number of fused-ring (bicyclic) bond motifs is 7. The largest absolute Gasteiger partial charge is 0.458 e. The first-order valence-corrected chi connectivity index (χ1v) is 19.8. The minimum Gasteiger partial charge on any atom is -0.458 e. The summed E-state index contributed by atoms with van der Waals surface area (Å²) in [6.07, 6.45) is 19.9.